The van der Waals surface area contributed by atoms with Gasteiger partial charge in [-0.2, -0.15) is 0 Å². The van der Waals surface area contributed by atoms with Gasteiger partial charge in [0.25, 0.3) is 0 Å². The van der Waals surface area contributed by atoms with Crippen molar-refractivity contribution < 1.29 is 17.9 Å². The van der Waals surface area contributed by atoms with Crippen molar-refractivity contribution in [1.29, 1.82) is 0 Å². The summed E-state index contributed by atoms with van der Waals surface area (Å²) >= 11 is 0. The molecule has 2 rings (SSSR count). The molecule has 0 aliphatic carbocycles. The van der Waals surface area contributed by atoms with Crippen molar-refractivity contribution >= 4 is 15.7 Å². The zero-order chi connectivity index (χ0) is 20.6. The molecule has 0 amide bonds. The van der Waals surface area contributed by atoms with E-state index < -0.39 is 10.0 Å². The van der Waals surface area contributed by atoms with Crippen LogP contribution in [0.15, 0.2) is 24.3 Å². The first-order chi connectivity index (χ1) is 13.3. The van der Waals surface area contributed by atoms with Gasteiger partial charge in [-0.15, -0.1) is 0 Å². The first-order valence-corrected chi connectivity index (χ1v) is 12.0. The van der Waals surface area contributed by atoms with E-state index in [0.29, 0.717) is 6.54 Å². The lowest BCUT2D eigenvalue weighted by Gasteiger charge is -2.32. The summed E-state index contributed by atoms with van der Waals surface area (Å²) in [5.74, 6) is 0.897. The van der Waals surface area contributed by atoms with Gasteiger partial charge in [-0.05, 0) is 64.8 Å². The lowest BCUT2D eigenvalue weighted by Crippen LogP contribution is -2.35. The maximum absolute atomic E-state index is 11.6. The maximum atomic E-state index is 11.6. The van der Waals surface area contributed by atoms with Gasteiger partial charge in [0, 0.05) is 31.6 Å². The van der Waals surface area contributed by atoms with Gasteiger partial charge in [0.15, 0.2) is 0 Å². The Bertz CT molecular complexity index is 666. The van der Waals surface area contributed by atoms with E-state index in [2.05, 4.69) is 23.9 Å². The van der Waals surface area contributed by atoms with Crippen LogP contribution in [0.25, 0.3) is 0 Å². The van der Waals surface area contributed by atoms with Crippen LogP contribution in [-0.4, -0.2) is 45.1 Å². The molecule has 2 unspecified atom stereocenters. The third-order valence-corrected chi connectivity index (χ3v) is 6.77. The monoisotopic (exact) mass is 412 g/mol. The lowest BCUT2D eigenvalue weighted by molar-refractivity contribution is -0.0721. The van der Waals surface area contributed by atoms with Crippen LogP contribution in [-0.2, 0) is 14.8 Å². The van der Waals surface area contributed by atoms with E-state index in [9.17, 15) is 8.42 Å². The Kier molecular flexibility index (Phi) is 9.05. The molecule has 1 aromatic carbocycles. The Labute approximate surface area is 170 Å². The van der Waals surface area contributed by atoms with Gasteiger partial charge in [0.2, 0.25) is 10.0 Å². The minimum Gasteiger partial charge on any atom is -0.490 e. The fourth-order valence-electron chi connectivity index (χ4n) is 3.32. The number of hydrogen-bond donors (Lipinski definition) is 2. The van der Waals surface area contributed by atoms with Gasteiger partial charge >= 0.3 is 0 Å². The van der Waals surface area contributed by atoms with Gasteiger partial charge in [0.1, 0.15) is 11.9 Å². The zero-order valence-corrected chi connectivity index (χ0v) is 18.4. The van der Waals surface area contributed by atoms with Crippen molar-refractivity contribution in [1.82, 2.24) is 4.72 Å². The SMILES string of the molecule is CC1CC(Oc2ccc(NCCCCCNS(=O)(=O)C(C)C)cc2)CC(C)O1. The summed E-state index contributed by atoms with van der Waals surface area (Å²) in [4.78, 5) is 0. The van der Waals surface area contributed by atoms with Crippen molar-refractivity contribution in [2.75, 3.05) is 18.4 Å². The van der Waals surface area contributed by atoms with E-state index in [0.717, 1.165) is 50.1 Å². The van der Waals surface area contributed by atoms with E-state index in [4.69, 9.17) is 9.47 Å². The Balaban J connectivity index is 1.61. The summed E-state index contributed by atoms with van der Waals surface area (Å²) in [6, 6.07) is 8.10. The van der Waals surface area contributed by atoms with Crippen molar-refractivity contribution in [3.63, 3.8) is 0 Å². The number of benzene rings is 1. The summed E-state index contributed by atoms with van der Waals surface area (Å²) in [5.41, 5.74) is 1.07. The molecule has 160 valence electrons. The van der Waals surface area contributed by atoms with Crippen LogP contribution in [0.1, 0.15) is 59.8 Å². The van der Waals surface area contributed by atoms with Crippen LogP contribution in [0.4, 0.5) is 5.69 Å². The van der Waals surface area contributed by atoms with E-state index in [-0.39, 0.29) is 23.6 Å². The average molecular weight is 413 g/mol. The molecule has 0 aromatic heterocycles. The second-order valence-corrected chi connectivity index (χ2v) is 10.3. The van der Waals surface area contributed by atoms with Gasteiger partial charge in [-0.3, -0.25) is 0 Å². The summed E-state index contributed by atoms with van der Waals surface area (Å²) < 4.78 is 37.8. The average Bonchev–Trinajstić information content (AvgIpc) is 2.61. The first-order valence-electron chi connectivity index (χ1n) is 10.4. The molecule has 2 atom stereocenters. The molecular weight excluding hydrogens is 376 g/mol. The second kappa shape index (κ2) is 11.0. The van der Waals surface area contributed by atoms with Crippen LogP contribution in [0.3, 0.4) is 0 Å². The van der Waals surface area contributed by atoms with Crippen LogP contribution in [0.5, 0.6) is 5.75 Å². The molecule has 0 spiro atoms. The number of sulfonamides is 1. The van der Waals surface area contributed by atoms with Crippen LogP contribution < -0.4 is 14.8 Å². The summed E-state index contributed by atoms with van der Waals surface area (Å²) in [6.07, 6.45) is 5.39. The molecule has 1 saturated heterocycles. The fourth-order valence-corrected chi connectivity index (χ4v) is 4.09. The molecular formula is C21H36N2O4S. The number of rotatable bonds is 11. The molecule has 1 aliphatic heterocycles. The molecule has 1 heterocycles. The summed E-state index contributed by atoms with van der Waals surface area (Å²) in [5, 5.41) is 3.03. The second-order valence-electron chi connectivity index (χ2n) is 7.97. The van der Waals surface area contributed by atoms with Crippen molar-refractivity contribution in [2.45, 2.75) is 83.4 Å². The smallest absolute Gasteiger partial charge is 0.213 e. The van der Waals surface area contributed by atoms with E-state index in [1.165, 1.54) is 0 Å². The highest BCUT2D eigenvalue weighted by molar-refractivity contribution is 7.90. The molecule has 7 heteroatoms. The third-order valence-electron chi connectivity index (χ3n) is 4.92. The molecule has 1 aliphatic rings. The van der Waals surface area contributed by atoms with Crippen molar-refractivity contribution in [2.24, 2.45) is 0 Å². The Hall–Kier alpha value is -1.31. The number of nitrogens with one attached hydrogen (secondary N) is 2. The molecule has 28 heavy (non-hydrogen) atoms. The van der Waals surface area contributed by atoms with E-state index in [1.807, 2.05) is 24.3 Å². The Morgan fingerprint density at radius 1 is 1.04 bits per heavy atom. The molecule has 0 bridgehead atoms. The summed E-state index contributed by atoms with van der Waals surface area (Å²) in [7, 11) is -3.14. The van der Waals surface area contributed by atoms with E-state index >= 15 is 0 Å². The number of anilines is 1. The maximum Gasteiger partial charge on any atom is 0.213 e. The first kappa shape index (κ1) is 23.0. The van der Waals surface area contributed by atoms with Gasteiger partial charge in [-0.25, -0.2) is 13.1 Å². The lowest BCUT2D eigenvalue weighted by atomic mass is 10.0. The molecule has 0 radical (unpaired) electrons. The number of hydrogen-bond acceptors (Lipinski definition) is 5. The Morgan fingerprint density at radius 2 is 1.64 bits per heavy atom. The number of ether oxygens (including phenoxy) is 2. The predicted octanol–water partition coefficient (Wildman–Crippen LogP) is 3.93. The highest BCUT2D eigenvalue weighted by Gasteiger charge is 2.25. The minimum atomic E-state index is -3.14. The largest absolute Gasteiger partial charge is 0.490 e. The standard InChI is InChI=1S/C21H36N2O4S/c1-16(2)28(24,25)23-13-7-5-6-12-22-19-8-10-20(11-9-19)27-21-14-17(3)26-18(4)15-21/h8-11,16-18,21-23H,5-7,12-15H2,1-4H3. The van der Waals surface area contributed by atoms with Crippen molar-refractivity contribution in [3.8, 4) is 5.75 Å². The quantitative estimate of drug-likeness (QED) is 0.539. The molecule has 0 saturated carbocycles. The van der Waals surface area contributed by atoms with E-state index in [1.54, 1.807) is 13.8 Å². The topological polar surface area (TPSA) is 76.7 Å². The Morgan fingerprint density at radius 3 is 2.25 bits per heavy atom. The predicted molar refractivity (Wildman–Crippen MR) is 115 cm³/mol. The molecule has 1 aromatic rings. The summed E-state index contributed by atoms with van der Waals surface area (Å²) in [6.45, 7) is 8.94. The number of unbranched alkanes of at least 4 members (excludes halogenated alkanes) is 2. The zero-order valence-electron chi connectivity index (χ0n) is 17.6. The van der Waals surface area contributed by atoms with Crippen LogP contribution in [0.2, 0.25) is 0 Å². The molecule has 1 fully saturated rings. The third kappa shape index (κ3) is 7.97. The molecule has 2 N–H and O–H groups in total. The molecule has 6 nitrogen and oxygen atoms in total. The highest BCUT2D eigenvalue weighted by Crippen LogP contribution is 2.25. The van der Waals surface area contributed by atoms with Crippen molar-refractivity contribution in [3.05, 3.63) is 24.3 Å². The van der Waals surface area contributed by atoms with Gasteiger partial charge < -0.3 is 14.8 Å². The highest BCUT2D eigenvalue weighted by atomic mass is 32.2. The normalized spacial score (nSPS) is 23.0. The van der Waals surface area contributed by atoms with Crippen LogP contribution >= 0.6 is 0 Å². The van der Waals surface area contributed by atoms with Gasteiger partial charge in [-0.1, -0.05) is 6.42 Å². The van der Waals surface area contributed by atoms with Gasteiger partial charge in [0.05, 0.1) is 17.5 Å². The minimum absolute atomic E-state index is 0.214. The van der Waals surface area contributed by atoms with Crippen LogP contribution in [0, 0.1) is 0 Å². The fraction of sp³-hybridized carbons (Fsp3) is 0.714.